The molecule has 4 heteroatoms. The quantitative estimate of drug-likeness (QED) is 0.454. The molecule has 0 fully saturated rings. The van der Waals surface area contributed by atoms with Crippen LogP contribution in [-0.2, 0) is 9.59 Å². The van der Waals surface area contributed by atoms with E-state index in [1.165, 1.54) is 4.90 Å². The molecule has 0 aromatic heterocycles. The van der Waals surface area contributed by atoms with Gasteiger partial charge in [-0.2, -0.15) is 0 Å². The van der Waals surface area contributed by atoms with Crippen LogP contribution in [0.3, 0.4) is 0 Å². The highest BCUT2D eigenvalue weighted by Gasteiger charge is 2.40. The van der Waals surface area contributed by atoms with E-state index < -0.39 is 0 Å². The van der Waals surface area contributed by atoms with E-state index in [0.717, 1.165) is 22.0 Å². The van der Waals surface area contributed by atoms with Crippen molar-refractivity contribution in [3.8, 4) is 0 Å². The van der Waals surface area contributed by atoms with Crippen molar-refractivity contribution in [2.45, 2.75) is 6.92 Å². The summed E-state index contributed by atoms with van der Waals surface area (Å²) in [4.78, 5) is 28.2. The number of hydrogen-bond acceptors (Lipinski definition) is 3. The molecule has 31 heavy (non-hydrogen) atoms. The number of imide groups is 1. The summed E-state index contributed by atoms with van der Waals surface area (Å²) in [5.74, 6) is -0.692. The molecule has 1 N–H and O–H groups in total. The van der Waals surface area contributed by atoms with Crippen molar-refractivity contribution in [3.05, 3.63) is 114 Å². The molecule has 0 aliphatic carbocycles. The Hall–Kier alpha value is -4.18. The van der Waals surface area contributed by atoms with E-state index in [1.54, 1.807) is 12.1 Å². The second kappa shape index (κ2) is 7.58. The number of anilines is 2. The molecule has 0 radical (unpaired) electrons. The maximum Gasteiger partial charge on any atom is 0.282 e. The topological polar surface area (TPSA) is 49.4 Å². The Morgan fingerprint density at radius 3 is 2.13 bits per heavy atom. The number of carbonyl (C=O) groups is 2. The van der Waals surface area contributed by atoms with Gasteiger partial charge < -0.3 is 5.32 Å². The number of amides is 2. The van der Waals surface area contributed by atoms with Gasteiger partial charge in [0.25, 0.3) is 11.8 Å². The van der Waals surface area contributed by atoms with E-state index in [1.807, 2.05) is 91.9 Å². The monoisotopic (exact) mass is 404 g/mol. The summed E-state index contributed by atoms with van der Waals surface area (Å²) < 4.78 is 0. The molecule has 4 aromatic rings. The molecule has 150 valence electrons. The normalized spacial score (nSPS) is 13.9. The van der Waals surface area contributed by atoms with Gasteiger partial charge in [-0.15, -0.1) is 0 Å². The first-order chi connectivity index (χ1) is 15.1. The van der Waals surface area contributed by atoms with E-state index in [9.17, 15) is 9.59 Å². The second-order valence-electron chi connectivity index (χ2n) is 7.55. The lowest BCUT2D eigenvalue weighted by Crippen LogP contribution is -2.32. The SMILES string of the molecule is Cc1ccc(C2=C(Nc3cccc4ccccc34)C(=O)N(c3ccccc3)C2=O)cc1. The Kier molecular flexibility index (Phi) is 4.60. The molecule has 0 saturated carbocycles. The van der Waals surface area contributed by atoms with Gasteiger partial charge in [0, 0.05) is 11.1 Å². The van der Waals surface area contributed by atoms with Crippen LogP contribution in [0.4, 0.5) is 11.4 Å². The molecule has 4 nitrogen and oxygen atoms in total. The number of fused-ring (bicyclic) bond motifs is 1. The molecule has 0 saturated heterocycles. The van der Waals surface area contributed by atoms with Crippen molar-refractivity contribution >= 4 is 39.5 Å². The Morgan fingerprint density at radius 1 is 0.677 bits per heavy atom. The average molecular weight is 404 g/mol. The maximum absolute atomic E-state index is 13.5. The van der Waals surface area contributed by atoms with E-state index in [0.29, 0.717) is 16.8 Å². The van der Waals surface area contributed by atoms with Gasteiger partial charge in [-0.3, -0.25) is 9.59 Å². The Labute approximate surface area is 180 Å². The third-order valence-corrected chi connectivity index (χ3v) is 5.49. The summed E-state index contributed by atoms with van der Waals surface area (Å²) >= 11 is 0. The van der Waals surface area contributed by atoms with Crippen molar-refractivity contribution in [2.75, 3.05) is 10.2 Å². The minimum Gasteiger partial charge on any atom is -0.350 e. The highest BCUT2D eigenvalue weighted by Crippen LogP contribution is 2.35. The fourth-order valence-corrected chi connectivity index (χ4v) is 3.91. The summed E-state index contributed by atoms with van der Waals surface area (Å²) in [5, 5.41) is 5.34. The molecule has 0 atom stereocenters. The number of nitrogens with zero attached hydrogens (tertiary/aromatic N) is 1. The third kappa shape index (κ3) is 3.28. The highest BCUT2D eigenvalue weighted by atomic mass is 16.2. The van der Waals surface area contributed by atoms with E-state index in [2.05, 4.69) is 5.32 Å². The number of aryl methyl sites for hydroxylation is 1. The number of carbonyl (C=O) groups excluding carboxylic acids is 2. The predicted octanol–water partition coefficient (Wildman–Crippen LogP) is 5.54. The van der Waals surface area contributed by atoms with Crippen LogP contribution in [0.25, 0.3) is 16.3 Å². The first kappa shape index (κ1) is 18.8. The summed E-state index contributed by atoms with van der Waals surface area (Å²) in [7, 11) is 0. The Balaban J connectivity index is 1.66. The summed E-state index contributed by atoms with van der Waals surface area (Å²) in [6.07, 6.45) is 0. The van der Waals surface area contributed by atoms with Gasteiger partial charge in [0.15, 0.2) is 0 Å². The zero-order chi connectivity index (χ0) is 21.4. The van der Waals surface area contributed by atoms with Gasteiger partial charge in [0.05, 0.1) is 11.3 Å². The molecule has 1 aliphatic rings. The number of para-hydroxylation sites is 1. The summed E-state index contributed by atoms with van der Waals surface area (Å²) in [6, 6.07) is 30.5. The molecule has 5 rings (SSSR count). The lowest BCUT2D eigenvalue weighted by atomic mass is 10.0. The highest BCUT2D eigenvalue weighted by molar-refractivity contribution is 6.46. The summed E-state index contributed by atoms with van der Waals surface area (Å²) in [6.45, 7) is 1.99. The van der Waals surface area contributed by atoms with Gasteiger partial charge in [-0.1, -0.05) is 84.4 Å². The molecule has 1 aliphatic heterocycles. The van der Waals surface area contributed by atoms with E-state index >= 15 is 0 Å². The van der Waals surface area contributed by atoms with Crippen LogP contribution < -0.4 is 10.2 Å². The molecule has 4 aromatic carbocycles. The molecule has 0 bridgehead atoms. The van der Waals surface area contributed by atoms with Crippen LogP contribution in [0, 0.1) is 6.92 Å². The van der Waals surface area contributed by atoms with Crippen molar-refractivity contribution in [1.29, 1.82) is 0 Å². The van der Waals surface area contributed by atoms with Crippen molar-refractivity contribution < 1.29 is 9.59 Å². The van der Waals surface area contributed by atoms with E-state index in [4.69, 9.17) is 0 Å². The Bertz CT molecular complexity index is 1330. The largest absolute Gasteiger partial charge is 0.350 e. The lowest BCUT2D eigenvalue weighted by molar-refractivity contribution is -0.120. The van der Waals surface area contributed by atoms with Gasteiger partial charge in [0.2, 0.25) is 0 Å². The van der Waals surface area contributed by atoms with Crippen molar-refractivity contribution in [2.24, 2.45) is 0 Å². The van der Waals surface area contributed by atoms with Crippen LogP contribution in [-0.4, -0.2) is 11.8 Å². The standard InChI is InChI=1S/C27H20N2O2/c1-18-14-16-20(17-15-18)24-25(27(31)29(26(24)30)21-10-3-2-4-11-21)28-23-13-7-9-19-8-5-6-12-22(19)23/h2-17,28H,1H3. The zero-order valence-corrected chi connectivity index (χ0v) is 17.0. The first-order valence-corrected chi connectivity index (χ1v) is 10.1. The number of benzene rings is 4. The molecule has 1 heterocycles. The second-order valence-corrected chi connectivity index (χ2v) is 7.55. The molecular weight excluding hydrogens is 384 g/mol. The van der Waals surface area contributed by atoms with Crippen LogP contribution in [0.1, 0.15) is 11.1 Å². The van der Waals surface area contributed by atoms with Crippen molar-refractivity contribution in [1.82, 2.24) is 0 Å². The zero-order valence-electron chi connectivity index (χ0n) is 17.0. The van der Waals surface area contributed by atoms with Gasteiger partial charge in [-0.25, -0.2) is 4.90 Å². The molecule has 0 spiro atoms. The molecular formula is C27H20N2O2. The fourth-order valence-electron chi connectivity index (χ4n) is 3.91. The Morgan fingerprint density at radius 2 is 1.35 bits per heavy atom. The average Bonchev–Trinajstić information content (AvgIpc) is 3.04. The van der Waals surface area contributed by atoms with Crippen LogP contribution >= 0.6 is 0 Å². The minimum absolute atomic E-state index is 0.286. The van der Waals surface area contributed by atoms with Crippen LogP contribution in [0.5, 0.6) is 0 Å². The maximum atomic E-state index is 13.5. The van der Waals surface area contributed by atoms with Crippen molar-refractivity contribution in [3.63, 3.8) is 0 Å². The first-order valence-electron chi connectivity index (χ1n) is 10.1. The predicted molar refractivity (Wildman–Crippen MR) is 125 cm³/mol. The van der Waals surface area contributed by atoms with E-state index in [-0.39, 0.29) is 17.5 Å². The lowest BCUT2D eigenvalue weighted by Gasteiger charge is -2.15. The van der Waals surface area contributed by atoms with Crippen LogP contribution in [0.2, 0.25) is 0 Å². The van der Waals surface area contributed by atoms with Gasteiger partial charge in [-0.05, 0) is 36.1 Å². The number of hydrogen-bond donors (Lipinski definition) is 1. The van der Waals surface area contributed by atoms with Crippen LogP contribution in [0.15, 0.2) is 103 Å². The van der Waals surface area contributed by atoms with Gasteiger partial charge >= 0.3 is 0 Å². The van der Waals surface area contributed by atoms with Gasteiger partial charge in [0.1, 0.15) is 5.70 Å². The number of nitrogens with one attached hydrogen (secondary N) is 1. The third-order valence-electron chi connectivity index (χ3n) is 5.49. The minimum atomic E-state index is -0.361. The molecule has 2 amide bonds. The molecule has 0 unspecified atom stereocenters. The smallest absolute Gasteiger partial charge is 0.282 e. The number of rotatable bonds is 4. The summed E-state index contributed by atoms with van der Waals surface area (Å²) in [5.41, 5.74) is 3.80. The fraction of sp³-hybridized carbons (Fsp3) is 0.0370.